The van der Waals surface area contributed by atoms with Gasteiger partial charge in [0.15, 0.2) is 9.84 Å². The van der Waals surface area contributed by atoms with Crippen molar-refractivity contribution in [3.8, 4) is 6.07 Å². The highest BCUT2D eigenvalue weighted by Crippen LogP contribution is 2.30. The minimum atomic E-state index is -3.31. The smallest absolute Gasteiger partial charge is 0.175 e. The molecule has 0 aliphatic rings. The van der Waals surface area contributed by atoms with Crippen LogP contribution in [-0.2, 0) is 9.84 Å². The van der Waals surface area contributed by atoms with E-state index in [1.807, 2.05) is 19.1 Å². The Morgan fingerprint density at radius 3 is 2.56 bits per heavy atom. The van der Waals surface area contributed by atoms with Crippen LogP contribution in [0.1, 0.15) is 41.5 Å². The lowest BCUT2D eigenvalue weighted by Crippen LogP contribution is -2.14. The van der Waals surface area contributed by atoms with Crippen molar-refractivity contribution in [2.45, 2.75) is 31.1 Å². The van der Waals surface area contributed by atoms with Gasteiger partial charge in [-0.05, 0) is 42.7 Å². The Kier molecular flexibility index (Phi) is 5.66. The highest BCUT2D eigenvalue weighted by Gasteiger charge is 2.21. The maximum atomic E-state index is 11.8. The molecule has 0 fully saturated rings. The van der Waals surface area contributed by atoms with Gasteiger partial charge in [0.05, 0.1) is 15.5 Å². The number of sulfone groups is 1. The minimum absolute atomic E-state index is 0.242. The molecule has 2 rings (SSSR count). The fraction of sp³-hybridized carbons (Fsp3) is 0.263. The Hall–Kier alpha value is -2.16. The van der Waals surface area contributed by atoms with Gasteiger partial charge in [0.25, 0.3) is 0 Å². The van der Waals surface area contributed by atoms with Crippen molar-refractivity contribution in [3.05, 3.63) is 63.7 Å². The molecule has 1 atom stereocenters. The third kappa shape index (κ3) is 3.92. The molecule has 1 unspecified atom stereocenters. The van der Waals surface area contributed by atoms with Gasteiger partial charge in [-0.25, -0.2) is 8.42 Å². The number of halogens is 1. The fourth-order valence-electron chi connectivity index (χ4n) is 2.82. The van der Waals surface area contributed by atoms with Gasteiger partial charge in [-0.15, -0.1) is 0 Å². The van der Waals surface area contributed by atoms with E-state index in [1.54, 1.807) is 37.3 Å². The Morgan fingerprint density at radius 2 is 2.00 bits per heavy atom. The number of hydrogen-bond donors (Lipinski definition) is 1. The molecule has 130 valence electrons. The Morgan fingerprint density at radius 1 is 1.32 bits per heavy atom. The zero-order chi connectivity index (χ0) is 18.8. The van der Waals surface area contributed by atoms with Gasteiger partial charge in [-0.3, -0.25) is 0 Å². The molecule has 0 saturated heterocycles. The molecule has 4 nitrogen and oxygen atoms in total. The molecular weight excluding hydrogens is 356 g/mol. The van der Waals surface area contributed by atoms with Gasteiger partial charge in [0, 0.05) is 23.4 Å². The molecule has 0 radical (unpaired) electrons. The van der Waals surface area contributed by atoms with E-state index in [9.17, 15) is 8.42 Å². The van der Waals surface area contributed by atoms with E-state index >= 15 is 0 Å². The molecule has 6 heteroatoms. The van der Waals surface area contributed by atoms with Gasteiger partial charge < -0.3 is 5.41 Å². The topological polar surface area (TPSA) is 81.8 Å². The van der Waals surface area contributed by atoms with Crippen molar-refractivity contribution in [2.75, 3.05) is 6.26 Å². The van der Waals surface area contributed by atoms with Crippen molar-refractivity contribution in [1.82, 2.24) is 0 Å². The average molecular weight is 375 g/mol. The Balaban J connectivity index is 2.51. The fourth-order valence-corrected chi connectivity index (χ4v) is 3.70. The second-order valence-electron chi connectivity index (χ2n) is 5.93. The number of nitrogens with one attached hydrogen (secondary N) is 1. The van der Waals surface area contributed by atoms with E-state index in [0.29, 0.717) is 33.8 Å². The average Bonchev–Trinajstić information content (AvgIpc) is 2.57. The zero-order valence-corrected chi connectivity index (χ0v) is 15.9. The summed E-state index contributed by atoms with van der Waals surface area (Å²) >= 11 is 6.22. The van der Waals surface area contributed by atoms with E-state index < -0.39 is 9.84 Å². The molecule has 0 bridgehead atoms. The lowest BCUT2D eigenvalue weighted by atomic mass is 9.86. The van der Waals surface area contributed by atoms with Gasteiger partial charge in [-0.1, -0.05) is 36.7 Å². The van der Waals surface area contributed by atoms with Crippen LogP contribution >= 0.6 is 11.6 Å². The first-order chi connectivity index (χ1) is 11.7. The van der Waals surface area contributed by atoms with Crippen LogP contribution in [-0.4, -0.2) is 20.4 Å². The van der Waals surface area contributed by atoms with Gasteiger partial charge in [-0.2, -0.15) is 5.26 Å². The molecular formula is C19H19ClN2O2S. The van der Waals surface area contributed by atoms with Crippen LogP contribution in [0.25, 0.3) is 0 Å². The highest BCUT2D eigenvalue weighted by atomic mass is 35.5. The molecule has 0 aromatic heterocycles. The quantitative estimate of drug-likeness (QED) is 0.783. The first-order valence-corrected chi connectivity index (χ1v) is 10.1. The molecule has 2 aromatic rings. The lowest BCUT2D eigenvalue weighted by molar-refractivity contribution is 0.601. The highest BCUT2D eigenvalue weighted by molar-refractivity contribution is 7.90. The standard InChI is InChI=1S/C19H19ClN2O2S/c1-4-16(13-6-5-7-15(10-13)25(3,23)24)19(22)17-9-8-14(11-21)18(20)12(17)2/h5-10,16,22H,4H2,1-3H3. The number of nitriles is 1. The number of hydrogen-bond acceptors (Lipinski definition) is 4. The van der Waals surface area contributed by atoms with Crippen LogP contribution in [0.2, 0.25) is 5.02 Å². The van der Waals surface area contributed by atoms with E-state index in [0.717, 1.165) is 5.56 Å². The summed E-state index contributed by atoms with van der Waals surface area (Å²) in [6, 6.07) is 12.1. The van der Waals surface area contributed by atoms with Gasteiger partial charge in [0.1, 0.15) is 6.07 Å². The molecule has 0 aliphatic heterocycles. The molecule has 0 aliphatic carbocycles. The summed E-state index contributed by atoms with van der Waals surface area (Å²) < 4.78 is 23.6. The minimum Gasteiger partial charge on any atom is -0.304 e. The molecule has 0 amide bonds. The summed E-state index contributed by atoms with van der Waals surface area (Å²) in [4.78, 5) is 0.242. The maximum Gasteiger partial charge on any atom is 0.175 e. The summed E-state index contributed by atoms with van der Waals surface area (Å²) in [5.41, 5.74) is 2.86. The maximum absolute atomic E-state index is 11.8. The molecule has 25 heavy (non-hydrogen) atoms. The van der Waals surface area contributed by atoms with Crippen LogP contribution in [0, 0.1) is 23.7 Å². The third-order valence-corrected chi connectivity index (χ3v) is 5.84. The second-order valence-corrected chi connectivity index (χ2v) is 8.32. The third-order valence-electron chi connectivity index (χ3n) is 4.24. The van der Waals surface area contributed by atoms with Crippen molar-refractivity contribution in [3.63, 3.8) is 0 Å². The number of benzene rings is 2. The summed E-state index contributed by atoms with van der Waals surface area (Å²) in [5, 5.41) is 18.0. The molecule has 0 spiro atoms. The van der Waals surface area contributed by atoms with Crippen molar-refractivity contribution in [2.24, 2.45) is 0 Å². The monoisotopic (exact) mass is 374 g/mol. The molecule has 1 N–H and O–H groups in total. The van der Waals surface area contributed by atoms with Crippen molar-refractivity contribution < 1.29 is 8.42 Å². The number of nitrogens with zero attached hydrogens (tertiary/aromatic N) is 1. The Bertz CT molecular complexity index is 975. The normalized spacial score (nSPS) is 12.4. The van der Waals surface area contributed by atoms with Crippen molar-refractivity contribution >= 4 is 27.1 Å². The Labute approximate surface area is 153 Å². The largest absolute Gasteiger partial charge is 0.304 e. The summed E-state index contributed by atoms with van der Waals surface area (Å²) in [6.07, 6.45) is 1.81. The summed E-state index contributed by atoms with van der Waals surface area (Å²) in [6.45, 7) is 3.74. The van der Waals surface area contributed by atoms with Gasteiger partial charge >= 0.3 is 0 Å². The predicted octanol–water partition coefficient (Wildman–Crippen LogP) is 4.49. The van der Waals surface area contributed by atoms with Gasteiger partial charge in [0.2, 0.25) is 0 Å². The van der Waals surface area contributed by atoms with Crippen LogP contribution in [0.4, 0.5) is 0 Å². The zero-order valence-electron chi connectivity index (χ0n) is 14.3. The molecule has 0 saturated carbocycles. The van der Waals surface area contributed by atoms with E-state index in [4.69, 9.17) is 22.3 Å². The summed E-state index contributed by atoms with van der Waals surface area (Å²) in [7, 11) is -3.31. The van der Waals surface area contributed by atoms with E-state index in [-0.39, 0.29) is 10.8 Å². The predicted molar refractivity (Wildman–Crippen MR) is 100 cm³/mol. The lowest BCUT2D eigenvalue weighted by Gasteiger charge is -2.20. The van der Waals surface area contributed by atoms with Crippen LogP contribution < -0.4 is 0 Å². The van der Waals surface area contributed by atoms with Crippen LogP contribution in [0.5, 0.6) is 0 Å². The van der Waals surface area contributed by atoms with Crippen molar-refractivity contribution in [1.29, 1.82) is 10.7 Å². The first kappa shape index (κ1) is 19.2. The van der Waals surface area contributed by atoms with E-state index in [2.05, 4.69) is 0 Å². The second kappa shape index (κ2) is 7.38. The molecule has 0 heterocycles. The van der Waals surface area contributed by atoms with Crippen LogP contribution in [0.15, 0.2) is 41.3 Å². The summed E-state index contributed by atoms with van der Waals surface area (Å²) in [5.74, 6) is -0.260. The van der Waals surface area contributed by atoms with Crippen LogP contribution in [0.3, 0.4) is 0 Å². The SMILES string of the molecule is CCC(C(=N)c1ccc(C#N)c(Cl)c1C)c1cccc(S(C)(=O)=O)c1. The first-order valence-electron chi connectivity index (χ1n) is 7.78. The molecule has 2 aromatic carbocycles. The van der Waals surface area contributed by atoms with E-state index in [1.165, 1.54) is 6.26 Å². The number of rotatable bonds is 5.